The highest BCUT2D eigenvalue weighted by atomic mass is 35.5. The summed E-state index contributed by atoms with van der Waals surface area (Å²) in [6.07, 6.45) is 5.02. The predicted octanol–water partition coefficient (Wildman–Crippen LogP) is 6.32. The summed E-state index contributed by atoms with van der Waals surface area (Å²) in [6.45, 7) is 7.83. The zero-order valence-electron chi connectivity index (χ0n) is 16.9. The van der Waals surface area contributed by atoms with E-state index in [9.17, 15) is 4.79 Å². The molecule has 4 nitrogen and oxygen atoms in total. The van der Waals surface area contributed by atoms with E-state index in [0.29, 0.717) is 40.7 Å². The Morgan fingerprint density at radius 2 is 2.00 bits per heavy atom. The summed E-state index contributed by atoms with van der Waals surface area (Å²) >= 11 is 6.05. The van der Waals surface area contributed by atoms with Crippen molar-refractivity contribution in [3.63, 3.8) is 0 Å². The van der Waals surface area contributed by atoms with Gasteiger partial charge < -0.3 is 9.47 Å². The molecule has 0 bridgehead atoms. The van der Waals surface area contributed by atoms with Crippen LogP contribution in [-0.4, -0.2) is 12.4 Å². The van der Waals surface area contributed by atoms with Gasteiger partial charge in [0, 0.05) is 17.0 Å². The van der Waals surface area contributed by atoms with Crippen LogP contribution in [0, 0.1) is 18.3 Å². The lowest BCUT2D eigenvalue weighted by Crippen LogP contribution is -2.17. The third-order valence-corrected chi connectivity index (χ3v) is 5.19. The standard InChI is InChI=1S/C25H22ClNO3/c1-4-18(15-27)6-5-16(2)24(19-7-9-20(26)10-8-19)30-23-12-11-21-22(28)13-14-29-25(21)17(23)3/h4-12,24H,1,13-14H2,2-3H3/b16-5+,18-6+. The highest BCUT2D eigenvalue weighted by molar-refractivity contribution is 6.30. The van der Waals surface area contributed by atoms with Crippen LogP contribution in [0.25, 0.3) is 0 Å². The molecule has 0 saturated carbocycles. The molecule has 1 atom stereocenters. The molecule has 2 aromatic carbocycles. The molecule has 30 heavy (non-hydrogen) atoms. The van der Waals surface area contributed by atoms with Gasteiger partial charge in [0.25, 0.3) is 0 Å². The van der Waals surface area contributed by atoms with Crippen molar-refractivity contribution in [2.45, 2.75) is 26.4 Å². The molecule has 0 radical (unpaired) electrons. The van der Waals surface area contributed by atoms with E-state index in [4.69, 9.17) is 26.3 Å². The fraction of sp³-hybridized carbons (Fsp3) is 0.200. The number of allylic oxidation sites excluding steroid dienone is 4. The second-order valence-electron chi connectivity index (χ2n) is 6.99. The lowest BCUT2D eigenvalue weighted by Gasteiger charge is -2.25. The highest BCUT2D eigenvalue weighted by Crippen LogP contribution is 2.38. The Morgan fingerprint density at radius 3 is 2.67 bits per heavy atom. The quantitative estimate of drug-likeness (QED) is 0.406. The monoisotopic (exact) mass is 419 g/mol. The van der Waals surface area contributed by atoms with Crippen LogP contribution in [0.1, 0.15) is 40.9 Å². The molecule has 1 unspecified atom stereocenters. The van der Waals surface area contributed by atoms with Crippen molar-refractivity contribution in [1.82, 2.24) is 0 Å². The van der Waals surface area contributed by atoms with Gasteiger partial charge in [-0.1, -0.05) is 42.5 Å². The Hall–Kier alpha value is -3.29. The maximum Gasteiger partial charge on any atom is 0.170 e. The van der Waals surface area contributed by atoms with Crippen LogP contribution in [0.2, 0.25) is 5.02 Å². The highest BCUT2D eigenvalue weighted by Gasteiger charge is 2.24. The van der Waals surface area contributed by atoms with E-state index >= 15 is 0 Å². The van der Waals surface area contributed by atoms with E-state index in [1.165, 1.54) is 6.08 Å². The minimum Gasteiger partial charge on any atom is -0.492 e. The summed E-state index contributed by atoms with van der Waals surface area (Å²) in [5.74, 6) is 1.29. The number of ketones is 1. The molecule has 3 rings (SSSR count). The van der Waals surface area contributed by atoms with E-state index in [1.807, 2.05) is 44.2 Å². The largest absolute Gasteiger partial charge is 0.492 e. The Labute approximate surface area is 181 Å². The first-order valence-electron chi connectivity index (χ1n) is 9.57. The number of hydrogen-bond donors (Lipinski definition) is 0. The molecule has 2 aromatic rings. The fourth-order valence-corrected chi connectivity index (χ4v) is 3.36. The molecule has 152 valence electrons. The first-order chi connectivity index (χ1) is 14.4. The number of benzene rings is 2. The van der Waals surface area contributed by atoms with Gasteiger partial charge in [0.15, 0.2) is 5.78 Å². The molecule has 0 fully saturated rings. The van der Waals surface area contributed by atoms with Crippen LogP contribution in [0.5, 0.6) is 11.5 Å². The molecule has 0 spiro atoms. The maximum absolute atomic E-state index is 12.2. The summed E-state index contributed by atoms with van der Waals surface area (Å²) < 4.78 is 12.1. The number of carbonyl (C=O) groups is 1. The predicted molar refractivity (Wildman–Crippen MR) is 118 cm³/mol. The van der Waals surface area contributed by atoms with Gasteiger partial charge in [-0.3, -0.25) is 4.79 Å². The van der Waals surface area contributed by atoms with Gasteiger partial charge in [-0.25, -0.2) is 0 Å². The molecule has 5 heteroatoms. The van der Waals surface area contributed by atoms with E-state index in [-0.39, 0.29) is 5.78 Å². The van der Waals surface area contributed by atoms with Crippen molar-refractivity contribution in [2.75, 3.05) is 6.61 Å². The number of hydrogen-bond acceptors (Lipinski definition) is 4. The van der Waals surface area contributed by atoms with Crippen molar-refractivity contribution in [1.29, 1.82) is 5.26 Å². The molecule has 1 aliphatic heterocycles. The molecule has 0 saturated heterocycles. The van der Waals surface area contributed by atoms with Crippen LogP contribution in [0.4, 0.5) is 0 Å². The van der Waals surface area contributed by atoms with Crippen LogP contribution in [0.15, 0.2) is 72.4 Å². The van der Waals surface area contributed by atoms with Gasteiger partial charge in [-0.15, -0.1) is 0 Å². The second-order valence-corrected chi connectivity index (χ2v) is 7.42. The molecular weight excluding hydrogens is 398 g/mol. The van der Waals surface area contributed by atoms with Gasteiger partial charge in [-0.05, 0) is 55.3 Å². The number of fused-ring (bicyclic) bond motifs is 1. The Morgan fingerprint density at radius 1 is 1.27 bits per heavy atom. The van der Waals surface area contributed by atoms with E-state index in [1.54, 1.807) is 18.2 Å². The van der Waals surface area contributed by atoms with Crippen molar-refractivity contribution >= 4 is 17.4 Å². The van der Waals surface area contributed by atoms with Crippen LogP contribution < -0.4 is 9.47 Å². The summed E-state index contributed by atoms with van der Waals surface area (Å²) in [6, 6.07) is 13.1. The zero-order valence-corrected chi connectivity index (χ0v) is 17.7. The maximum atomic E-state index is 12.2. The summed E-state index contributed by atoms with van der Waals surface area (Å²) in [5, 5.41) is 9.76. The molecule has 0 aromatic heterocycles. The van der Waals surface area contributed by atoms with E-state index < -0.39 is 6.10 Å². The minimum absolute atomic E-state index is 0.0785. The van der Waals surface area contributed by atoms with Gasteiger partial charge in [0.1, 0.15) is 17.6 Å². The normalized spacial score (nSPS) is 14.9. The topological polar surface area (TPSA) is 59.3 Å². The lowest BCUT2D eigenvalue weighted by molar-refractivity contribution is 0.0932. The third kappa shape index (κ3) is 4.64. The number of halogens is 1. The fourth-order valence-electron chi connectivity index (χ4n) is 3.24. The lowest BCUT2D eigenvalue weighted by atomic mass is 9.99. The number of Topliss-reactive ketones (excluding diaryl/α,β-unsaturated/α-hetero) is 1. The van der Waals surface area contributed by atoms with Crippen LogP contribution >= 0.6 is 11.6 Å². The number of nitriles is 1. The van der Waals surface area contributed by atoms with Crippen molar-refractivity contribution in [3.8, 4) is 17.6 Å². The van der Waals surface area contributed by atoms with Gasteiger partial charge in [0.2, 0.25) is 0 Å². The van der Waals surface area contributed by atoms with E-state index in [2.05, 4.69) is 12.6 Å². The Balaban J connectivity index is 2.01. The first kappa shape index (κ1) is 21.4. The smallest absolute Gasteiger partial charge is 0.170 e. The van der Waals surface area contributed by atoms with Crippen molar-refractivity contribution in [2.24, 2.45) is 0 Å². The van der Waals surface area contributed by atoms with Crippen molar-refractivity contribution in [3.05, 3.63) is 94.1 Å². The number of nitrogens with zero attached hydrogens (tertiary/aromatic N) is 1. The average Bonchev–Trinajstić information content (AvgIpc) is 2.75. The van der Waals surface area contributed by atoms with Gasteiger partial charge >= 0.3 is 0 Å². The molecular formula is C25H22ClNO3. The van der Waals surface area contributed by atoms with Crippen LogP contribution in [-0.2, 0) is 0 Å². The molecule has 0 aliphatic carbocycles. The van der Waals surface area contributed by atoms with E-state index in [0.717, 1.165) is 16.7 Å². The minimum atomic E-state index is -0.417. The Bertz CT molecular complexity index is 1070. The SMILES string of the molecule is C=C/C(C#N)=C\C=C(/C)C(Oc1ccc2c(c1C)OCCC2=O)c1ccc(Cl)cc1. The average molecular weight is 420 g/mol. The van der Waals surface area contributed by atoms with Gasteiger partial charge in [-0.2, -0.15) is 5.26 Å². The molecule has 0 amide bonds. The number of rotatable bonds is 6. The second kappa shape index (κ2) is 9.47. The molecule has 0 N–H and O–H groups in total. The Kier molecular flexibility index (Phi) is 6.76. The van der Waals surface area contributed by atoms with Gasteiger partial charge in [0.05, 0.1) is 23.8 Å². The number of carbonyl (C=O) groups excluding carboxylic acids is 1. The summed E-state index contributed by atoms with van der Waals surface area (Å²) in [7, 11) is 0. The van der Waals surface area contributed by atoms with Crippen molar-refractivity contribution < 1.29 is 14.3 Å². The summed E-state index contributed by atoms with van der Waals surface area (Å²) in [5.41, 5.74) is 3.63. The first-order valence-corrected chi connectivity index (χ1v) is 9.95. The third-order valence-electron chi connectivity index (χ3n) is 4.94. The molecule has 1 heterocycles. The number of ether oxygens (including phenoxy) is 2. The molecule has 1 aliphatic rings. The van der Waals surface area contributed by atoms with Crippen LogP contribution in [0.3, 0.4) is 0 Å². The summed E-state index contributed by atoms with van der Waals surface area (Å²) in [4.78, 5) is 12.2. The zero-order chi connectivity index (χ0) is 21.7.